The molecule has 2 aromatic heterocycles. The van der Waals surface area contributed by atoms with Crippen molar-refractivity contribution in [2.45, 2.75) is 24.8 Å². The summed E-state index contributed by atoms with van der Waals surface area (Å²) in [7, 11) is -3.57. The molecule has 0 radical (unpaired) electrons. The van der Waals surface area contributed by atoms with Crippen LogP contribution in [0.15, 0.2) is 46.0 Å². The van der Waals surface area contributed by atoms with Gasteiger partial charge in [0.05, 0.1) is 12.8 Å². The topological polar surface area (TPSA) is 84.2 Å². The molecule has 2 heterocycles. The molecular formula is C13H17N3O3S. The van der Waals surface area contributed by atoms with Crippen LogP contribution in [0.3, 0.4) is 0 Å². The number of pyridine rings is 1. The van der Waals surface area contributed by atoms with Gasteiger partial charge in [-0.25, -0.2) is 18.1 Å². The van der Waals surface area contributed by atoms with Crippen molar-refractivity contribution in [2.75, 3.05) is 11.9 Å². The van der Waals surface area contributed by atoms with Gasteiger partial charge in [-0.05, 0) is 30.7 Å². The summed E-state index contributed by atoms with van der Waals surface area (Å²) in [6.45, 7) is 2.96. The second-order valence-corrected chi connectivity index (χ2v) is 5.98. The zero-order valence-corrected chi connectivity index (χ0v) is 12.0. The molecule has 2 rings (SSSR count). The van der Waals surface area contributed by atoms with Crippen LogP contribution in [0.4, 0.5) is 5.82 Å². The molecule has 0 atom stereocenters. The molecule has 2 N–H and O–H groups in total. The zero-order valence-electron chi connectivity index (χ0n) is 11.2. The number of rotatable bonds is 7. The van der Waals surface area contributed by atoms with Gasteiger partial charge in [0, 0.05) is 12.7 Å². The average Bonchev–Trinajstić information content (AvgIpc) is 2.97. The second kappa shape index (κ2) is 6.53. The van der Waals surface area contributed by atoms with E-state index in [1.54, 1.807) is 18.2 Å². The Labute approximate surface area is 118 Å². The summed E-state index contributed by atoms with van der Waals surface area (Å²) >= 11 is 0. The van der Waals surface area contributed by atoms with E-state index in [9.17, 15) is 8.42 Å². The van der Waals surface area contributed by atoms with E-state index in [1.165, 1.54) is 18.5 Å². The first kappa shape index (κ1) is 14.5. The molecule has 0 saturated heterocycles. The quantitative estimate of drug-likeness (QED) is 0.816. The lowest BCUT2D eigenvalue weighted by molar-refractivity contribution is 0.498. The van der Waals surface area contributed by atoms with E-state index in [0.717, 1.165) is 13.0 Å². The lowest BCUT2D eigenvalue weighted by Gasteiger charge is -2.07. The predicted molar refractivity (Wildman–Crippen MR) is 75.8 cm³/mol. The summed E-state index contributed by atoms with van der Waals surface area (Å²) in [5, 5.41) is 3.09. The summed E-state index contributed by atoms with van der Waals surface area (Å²) in [6, 6.07) is 6.59. The first-order valence-corrected chi connectivity index (χ1v) is 7.82. The van der Waals surface area contributed by atoms with Gasteiger partial charge in [-0.3, -0.25) is 0 Å². The molecule has 20 heavy (non-hydrogen) atoms. The molecule has 0 amide bonds. The summed E-state index contributed by atoms with van der Waals surface area (Å²) in [5.74, 6) is 1.22. The van der Waals surface area contributed by atoms with Crippen LogP contribution >= 0.6 is 0 Å². The minimum absolute atomic E-state index is 0.116. The monoisotopic (exact) mass is 295 g/mol. The van der Waals surface area contributed by atoms with Crippen molar-refractivity contribution < 1.29 is 12.8 Å². The van der Waals surface area contributed by atoms with Gasteiger partial charge in [-0.2, -0.15) is 0 Å². The summed E-state index contributed by atoms with van der Waals surface area (Å²) in [6.07, 6.45) is 3.81. The van der Waals surface area contributed by atoms with Crippen LogP contribution in [-0.4, -0.2) is 19.9 Å². The highest BCUT2D eigenvalue weighted by Crippen LogP contribution is 2.11. The molecular weight excluding hydrogens is 278 g/mol. The minimum Gasteiger partial charge on any atom is -0.468 e. The third kappa shape index (κ3) is 3.82. The number of furan rings is 1. The summed E-state index contributed by atoms with van der Waals surface area (Å²) < 4.78 is 31.6. The Balaban J connectivity index is 2.01. The van der Waals surface area contributed by atoms with Gasteiger partial charge in [0.2, 0.25) is 10.0 Å². The molecule has 2 aromatic rings. The van der Waals surface area contributed by atoms with Crippen molar-refractivity contribution in [1.82, 2.24) is 9.71 Å². The molecule has 0 aromatic carbocycles. The Hall–Kier alpha value is -1.86. The van der Waals surface area contributed by atoms with E-state index in [-0.39, 0.29) is 11.4 Å². The van der Waals surface area contributed by atoms with Crippen LogP contribution in [0.2, 0.25) is 0 Å². The van der Waals surface area contributed by atoms with Gasteiger partial charge in [0.15, 0.2) is 0 Å². The van der Waals surface area contributed by atoms with Crippen molar-refractivity contribution in [3.8, 4) is 0 Å². The number of aromatic nitrogens is 1. The molecule has 0 bridgehead atoms. The first-order valence-electron chi connectivity index (χ1n) is 6.34. The maximum Gasteiger partial charge on any atom is 0.242 e. The highest BCUT2D eigenvalue weighted by Gasteiger charge is 2.14. The van der Waals surface area contributed by atoms with Crippen LogP contribution < -0.4 is 10.0 Å². The zero-order chi connectivity index (χ0) is 14.4. The van der Waals surface area contributed by atoms with Crippen molar-refractivity contribution in [3.63, 3.8) is 0 Å². The van der Waals surface area contributed by atoms with Gasteiger partial charge in [-0.15, -0.1) is 0 Å². The Morgan fingerprint density at radius 1 is 1.30 bits per heavy atom. The van der Waals surface area contributed by atoms with E-state index >= 15 is 0 Å². The molecule has 0 spiro atoms. The smallest absolute Gasteiger partial charge is 0.242 e. The fourth-order valence-electron chi connectivity index (χ4n) is 1.56. The Bertz CT molecular complexity index is 621. The third-order valence-corrected chi connectivity index (χ3v) is 4.01. The van der Waals surface area contributed by atoms with Gasteiger partial charge in [0.25, 0.3) is 0 Å². The summed E-state index contributed by atoms with van der Waals surface area (Å²) in [5.41, 5.74) is 0. The lowest BCUT2D eigenvalue weighted by Crippen LogP contribution is -2.23. The van der Waals surface area contributed by atoms with Crippen LogP contribution in [0.25, 0.3) is 0 Å². The van der Waals surface area contributed by atoms with Crippen molar-refractivity contribution >= 4 is 15.8 Å². The summed E-state index contributed by atoms with van der Waals surface area (Å²) in [4.78, 5) is 4.20. The SMILES string of the molecule is CCCNc1ccc(S(=O)(=O)NCc2ccco2)cn1. The lowest BCUT2D eigenvalue weighted by atomic mass is 10.4. The standard InChI is InChI=1S/C13H17N3O3S/c1-2-7-14-13-6-5-12(10-15-13)20(17,18)16-9-11-4-3-8-19-11/h3-6,8,10,16H,2,7,9H2,1H3,(H,14,15). The van der Waals surface area contributed by atoms with Gasteiger partial charge in [-0.1, -0.05) is 6.92 Å². The van der Waals surface area contributed by atoms with E-state index in [0.29, 0.717) is 11.6 Å². The van der Waals surface area contributed by atoms with Gasteiger partial charge in [0.1, 0.15) is 16.5 Å². The number of nitrogens with zero attached hydrogens (tertiary/aromatic N) is 1. The van der Waals surface area contributed by atoms with Gasteiger partial charge < -0.3 is 9.73 Å². The van der Waals surface area contributed by atoms with E-state index in [1.807, 2.05) is 6.92 Å². The molecule has 0 unspecified atom stereocenters. The van der Waals surface area contributed by atoms with Crippen LogP contribution in [0, 0.1) is 0 Å². The number of hydrogen-bond donors (Lipinski definition) is 2. The number of hydrogen-bond acceptors (Lipinski definition) is 5. The maximum absolute atomic E-state index is 12.0. The number of anilines is 1. The van der Waals surface area contributed by atoms with Crippen molar-refractivity contribution in [1.29, 1.82) is 0 Å². The molecule has 0 aliphatic rings. The average molecular weight is 295 g/mol. The molecule has 108 valence electrons. The predicted octanol–water partition coefficient (Wildman–Crippen LogP) is 1.97. The Morgan fingerprint density at radius 3 is 2.75 bits per heavy atom. The minimum atomic E-state index is -3.57. The van der Waals surface area contributed by atoms with Crippen LogP contribution in [0.5, 0.6) is 0 Å². The van der Waals surface area contributed by atoms with Crippen molar-refractivity contribution in [2.24, 2.45) is 0 Å². The largest absolute Gasteiger partial charge is 0.468 e. The first-order chi connectivity index (χ1) is 9.62. The van der Waals surface area contributed by atoms with Gasteiger partial charge >= 0.3 is 0 Å². The maximum atomic E-state index is 12.0. The molecule has 0 aliphatic carbocycles. The second-order valence-electron chi connectivity index (χ2n) is 4.21. The molecule has 0 aliphatic heterocycles. The Kier molecular flexibility index (Phi) is 4.75. The fraction of sp³-hybridized carbons (Fsp3) is 0.308. The highest BCUT2D eigenvalue weighted by atomic mass is 32.2. The highest BCUT2D eigenvalue weighted by molar-refractivity contribution is 7.89. The normalized spacial score (nSPS) is 11.4. The van der Waals surface area contributed by atoms with Crippen LogP contribution in [-0.2, 0) is 16.6 Å². The number of sulfonamides is 1. The van der Waals surface area contributed by atoms with E-state index in [4.69, 9.17) is 4.42 Å². The molecule has 0 fully saturated rings. The van der Waals surface area contributed by atoms with Crippen LogP contribution in [0.1, 0.15) is 19.1 Å². The van der Waals surface area contributed by atoms with E-state index in [2.05, 4.69) is 15.0 Å². The number of nitrogens with one attached hydrogen (secondary N) is 2. The van der Waals surface area contributed by atoms with E-state index < -0.39 is 10.0 Å². The third-order valence-electron chi connectivity index (χ3n) is 2.62. The Morgan fingerprint density at radius 2 is 2.15 bits per heavy atom. The van der Waals surface area contributed by atoms with Crippen molar-refractivity contribution in [3.05, 3.63) is 42.5 Å². The fourth-order valence-corrected chi connectivity index (χ4v) is 2.50. The molecule has 7 heteroatoms. The molecule has 6 nitrogen and oxygen atoms in total. The molecule has 0 saturated carbocycles.